The van der Waals surface area contributed by atoms with Crippen LogP contribution in [0, 0.1) is 5.41 Å². The summed E-state index contributed by atoms with van der Waals surface area (Å²) in [4.78, 5) is 25.0. The largest absolute Gasteiger partial charge is 0.508 e. The van der Waals surface area contributed by atoms with Crippen molar-refractivity contribution in [1.29, 1.82) is 0 Å². The van der Waals surface area contributed by atoms with E-state index in [4.69, 9.17) is 4.74 Å². The first kappa shape index (κ1) is 20.6. The van der Waals surface area contributed by atoms with E-state index in [1.807, 2.05) is 36.4 Å². The maximum atomic E-state index is 12.6. The summed E-state index contributed by atoms with van der Waals surface area (Å²) in [7, 11) is 0. The molecule has 5 heteroatoms. The van der Waals surface area contributed by atoms with Crippen molar-refractivity contribution < 1.29 is 19.4 Å². The fourth-order valence-corrected chi connectivity index (χ4v) is 3.56. The second kappa shape index (κ2) is 9.41. The van der Waals surface area contributed by atoms with Crippen LogP contribution in [0.4, 0.5) is 0 Å². The number of nitrogens with one attached hydrogen (secondary N) is 1. The van der Waals surface area contributed by atoms with Crippen LogP contribution in [-0.4, -0.2) is 23.5 Å². The van der Waals surface area contributed by atoms with Crippen LogP contribution in [0.25, 0.3) is 0 Å². The number of allylic oxidation sites excluding steroid dienone is 1. The maximum absolute atomic E-state index is 12.6. The average molecular weight is 393 g/mol. The van der Waals surface area contributed by atoms with Gasteiger partial charge in [0.25, 0.3) is 5.91 Å². The molecular formula is C24H27NO4. The number of aromatic hydroxyl groups is 1. The average Bonchev–Trinajstić information content (AvgIpc) is 2.94. The molecule has 1 unspecified atom stereocenters. The Morgan fingerprint density at radius 1 is 1.10 bits per heavy atom. The summed E-state index contributed by atoms with van der Waals surface area (Å²) in [6.45, 7) is 2.81. The second-order valence-electron chi connectivity index (χ2n) is 7.90. The number of esters is 1. The number of amides is 1. The third-order valence-corrected chi connectivity index (χ3v) is 5.27. The van der Waals surface area contributed by atoms with Crippen molar-refractivity contribution >= 4 is 11.9 Å². The number of hydrogen-bond acceptors (Lipinski definition) is 4. The topological polar surface area (TPSA) is 75.6 Å². The first-order valence-corrected chi connectivity index (χ1v) is 9.92. The van der Waals surface area contributed by atoms with Crippen LogP contribution < -0.4 is 5.32 Å². The Kier molecular flexibility index (Phi) is 6.70. The molecule has 1 aliphatic rings. The van der Waals surface area contributed by atoms with Gasteiger partial charge in [0.05, 0.1) is 0 Å². The zero-order chi connectivity index (χ0) is 20.7. The standard InChI is InChI=1S/C24H27NO4/c1-24(17-25-22(27)19-10-12-21(26)13-11-19)14-6-5-9-20(15-24)23(28)29-16-18-7-3-2-4-8-18/h2-4,7-13,26H,5-6,14-17H2,1H3,(H,25,27). The lowest BCUT2D eigenvalue weighted by molar-refractivity contribution is -0.140. The van der Waals surface area contributed by atoms with Gasteiger partial charge in [-0.15, -0.1) is 0 Å². The zero-order valence-corrected chi connectivity index (χ0v) is 16.7. The van der Waals surface area contributed by atoms with Crippen LogP contribution in [0.1, 0.15) is 48.5 Å². The molecule has 1 atom stereocenters. The van der Waals surface area contributed by atoms with Crippen molar-refractivity contribution in [3.05, 3.63) is 77.4 Å². The molecule has 3 rings (SSSR count). The van der Waals surface area contributed by atoms with Gasteiger partial charge in [-0.3, -0.25) is 4.79 Å². The van der Waals surface area contributed by atoms with Crippen LogP contribution in [0.5, 0.6) is 5.75 Å². The van der Waals surface area contributed by atoms with Gasteiger partial charge in [-0.1, -0.05) is 43.3 Å². The summed E-state index contributed by atoms with van der Waals surface area (Å²) in [6.07, 6.45) is 5.24. The van der Waals surface area contributed by atoms with Crippen molar-refractivity contribution in [3.63, 3.8) is 0 Å². The van der Waals surface area contributed by atoms with Crippen molar-refractivity contribution in [2.24, 2.45) is 5.41 Å². The minimum Gasteiger partial charge on any atom is -0.508 e. The van der Waals surface area contributed by atoms with Gasteiger partial charge < -0.3 is 15.2 Å². The highest BCUT2D eigenvalue weighted by Crippen LogP contribution is 2.35. The Morgan fingerprint density at radius 3 is 2.55 bits per heavy atom. The van der Waals surface area contributed by atoms with Crippen molar-refractivity contribution in [3.8, 4) is 5.75 Å². The van der Waals surface area contributed by atoms with E-state index in [1.165, 1.54) is 12.1 Å². The summed E-state index contributed by atoms with van der Waals surface area (Å²) in [6, 6.07) is 15.8. The van der Waals surface area contributed by atoms with E-state index in [1.54, 1.807) is 12.1 Å². The smallest absolute Gasteiger partial charge is 0.334 e. The van der Waals surface area contributed by atoms with Gasteiger partial charge in [0, 0.05) is 17.7 Å². The monoisotopic (exact) mass is 393 g/mol. The normalized spacial score (nSPS) is 19.0. The molecule has 0 saturated heterocycles. The van der Waals surface area contributed by atoms with Gasteiger partial charge in [0.1, 0.15) is 12.4 Å². The van der Waals surface area contributed by atoms with Crippen LogP contribution in [0.15, 0.2) is 66.2 Å². The van der Waals surface area contributed by atoms with E-state index in [-0.39, 0.29) is 29.6 Å². The molecule has 29 heavy (non-hydrogen) atoms. The molecule has 0 aliphatic heterocycles. The molecule has 0 bridgehead atoms. The van der Waals surface area contributed by atoms with Gasteiger partial charge >= 0.3 is 5.97 Å². The summed E-state index contributed by atoms with van der Waals surface area (Å²) in [5.41, 5.74) is 1.91. The molecule has 0 heterocycles. The van der Waals surface area contributed by atoms with Gasteiger partial charge in [-0.25, -0.2) is 4.79 Å². The van der Waals surface area contributed by atoms with E-state index in [0.717, 1.165) is 24.8 Å². The molecule has 0 radical (unpaired) electrons. The van der Waals surface area contributed by atoms with E-state index in [2.05, 4.69) is 12.2 Å². The Bertz CT molecular complexity index is 874. The van der Waals surface area contributed by atoms with Gasteiger partial charge in [-0.2, -0.15) is 0 Å². The van der Waals surface area contributed by atoms with Crippen molar-refractivity contribution in [1.82, 2.24) is 5.32 Å². The van der Waals surface area contributed by atoms with Crippen LogP contribution in [0.3, 0.4) is 0 Å². The van der Waals surface area contributed by atoms with Gasteiger partial charge in [-0.05, 0) is 60.9 Å². The highest BCUT2D eigenvalue weighted by Gasteiger charge is 2.30. The van der Waals surface area contributed by atoms with Crippen LogP contribution in [0.2, 0.25) is 0 Å². The molecule has 0 saturated carbocycles. The van der Waals surface area contributed by atoms with Crippen molar-refractivity contribution in [2.75, 3.05) is 6.54 Å². The van der Waals surface area contributed by atoms with Crippen molar-refractivity contribution in [2.45, 2.75) is 39.2 Å². The Morgan fingerprint density at radius 2 is 1.83 bits per heavy atom. The number of carbonyl (C=O) groups is 2. The molecule has 5 nitrogen and oxygen atoms in total. The van der Waals surface area contributed by atoms with Gasteiger partial charge in [0.2, 0.25) is 0 Å². The maximum Gasteiger partial charge on any atom is 0.334 e. The minimum atomic E-state index is -0.285. The fraction of sp³-hybridized carbons (Fsp3) is 0.333. The summed E-state index contributed by atoms with van der Waals surface area (Å²) < 4.78 is 5.50. The number of phenolic OH excluding ortho intramolecular Hbond substituents is 1. The Hall–Kier alpha value is -3.08. The minimum absolute atomic E-state index is 0.126. The van der Waals surface area contributed by atoms with E-state index in [9.17, 15) is 14.7 Å². The molecule has 2 N–H and O–H groups in total. The number of rotatable bonds is 6. The zero-order valence-electron chi connectivity index (χ0n) is 16.7. The quantitative estimate of drug-likeness (QED) is 0.715. The first-order valence-electron chi connectivity index (χ1n) is 9.92. The number of hydrogen-bond donors (Lipinski definition) is 2. The molecule has 2 aromatic carbocycles. The summed E-state index contributed by atoms with van der Waals surface area (Å²) >= 11 is 0. The molecule has 0 aromatic heterocycles. The SMILES string of the molecule is CC1(CNC(=O)c2ccc(O)cc2)CCCC=C(C(=O)OCc2ccccc2)C1. The van der Waals surface area contributed by atoms with Crippen LogP contribution >= 0.6 is 0 Å². The number of ether oxygens (including phenoxy) is 1. The highest BCUT2D eigenvalue weighted by molar-refractivity contribution is 5.94. The molecule has 0 spiro atoms. The third-order valence-electron chi connectivity index (χ3n) is 5.27. The summed E-state index contributed by atoms with van der Waals surface area (Å²) in [5.74, 6) is -0.347. The lowest BCUT2D eigenvalue weighted by atomic mass is 9.80. The number of phenols is 1. The fourth-order valence-electron chi connectivity index (χ4n) is 3.56. The number of benzene rings is 2. The molecule has 152 valence electrons. The lowest BCUT2D eigenvalue weighted by Gasteiger charge is -2.29. The highest BCUT2D eigenvalue weighted by atomic mass is 16.5. The Labute approximate surface area is 171 Å². The molecular weight excluding hydrogens is 366 g/mol. The Balaban J connectivity index is 1.57. The van der Waals surface area contributed by atoms with Gasteiger partial charge in [0.15, 0.2) is 0 Å². The summed E-state index contributed by atoms with van der Waals surface area (Å²) in [5, 5.41) is 12.3. The second-order valence-corrected chi connectivity index (χ2v) is 7.90. The predicted octanol–water partition coefficient (Wildman–Crippen LogP) is 4.37. The molecule has 1 aliphatic carbocycles. The van der Waals surface area contributed by atoms with E-state index in [0.29, 0.717) is 24.1 Å². The predicted molar refractivity (Wildman–Crippen MR) is 111 cm³/mol. The lowest BCUT2D eigenvalue weighted by Crippen LogP contribution is -2.36. The number of carbonyl (C=O) groups excluding carboxylic acids is 2. The van der Waals surface area contributed by atoms with Crippen LogP contribution in [-0.2, 0) is 16.1 Å². The van der Waals surface area contributed by atoms with E-state index < -0.39 is 0 Å². The first-order chi connectivity index (χ1) is 14.0. The third kappa shape index (κ3) is 5.95. The molecule has 1 amide bonds. The van der Waals surface area contributed by atoms with E-state index >= 15 is 0 Å². The molecule has 2 aromatic rings. The molecule has 0 fully saturated rings.